The topological polar surface area (TPSA) is 51.0 Å². The molecule has 0 saturated heterocycles. The number of aromatic nitrogens is 2. The monoisotopic (exact) mass is 253 g/mol. The van der Waals surface area contributed by atoms with Gasteiger partial charge in [-0.05, 0) is 18.2 Å². The maximum Gasteiger partial charge on any atom is 0.213 e. The van der Waals surface area contributed by atoms with Gasteiger partial charge in [0.05, 0.1) is 18.3 Å². The number of aryl methyl sites for hydroxylation is 1. The van der Waals surface area contributed by atoms with Crippen molar-refractivity contribution in [2.45, 2.75) is 19.9 Å². The summed E-state index contributed by atoms with van der Waals surface area (Å²) in [7, 11) is 0. The number of para-hydroxylation sites is 1. The van der Waals surface area contributed by atoms with Crippen LogP contribution in [0.4, 0.5) is 5.82 Å². The highest BCUT2D eigenvalue weighted by Crippen LogP contribution is 2.15. The van der Waals surface area contributed by atoms with Crippen LogP contribution in [0.15, 0.2) is 47.0 Å². The van der Waals surface area contributed by atoms with Gasteiger partial charge in [-0.1, -0.05) is 25.1 Å². The molecule has 96 valence electrons. The molecule has 0 fully saturated rings. The Balaban J connectivity index is 1.74. The third kappa shape index (κ3) is 2.57. The molecule has 3 aromatic rings. The van der Waals surface area contributed by atoms with Crippen molar-refractivity contribution in [1.29, 1.82) is 0 Å². The largest absolute Gasteiger partial charge is 0.444 e. The van der Waals surface area contributed by atoms with E-state index in [0.29, 0.717) is 12.4 Å². The van der Waals surface area contributed by atoms with Crippen LogP contribution in [0.25, 0.3) is 10.9 Å². The summed E-state index contributed by atoms with van der Waals surface area (Å²) >= 11 is 0. The fraction of sp³-hybridized carbons (Fsp3) is 0.200. The van der Waals surface area contributed by atoms with Crippen molar-refractivity contribution in [3.8, 4) is 0 Å². The van der Waals surface area contributed by atoms with Gasteiger partial charge in [0, 0.05) is 11.8 Å². The Labute approximate surface area is 111 Å². The van der Waals surface area contributed by atoms with Crippen molar-refractivity contribution in [2.24, 2.45) is 0 Å². The van der Waals surface area contributed by atoms with E-state index in [4.69, 9.17) is 4.42 Å². The highest BCUT2D eigenvalue weighted by Gasteiger charge is 2.03. The molecule has 0 aliphatic rings. The van der Waals surface area contributed by atoms with Crippen LogP contribution in [0.3, 0.4) is 0 Å². The second-order valence-electron chi connectivity index (χ2n) is 4.32. The second kappa shape index (κ2) is 5.10. The first-order valence-corrected chi connectivity index (χ1v) is 6.38. The van der Waals surface area contributed by atoms with Crippen LogP contribution in [0, 0.1) is 0 Å². The van der Waals surface area contributed by atoms with E-state index in [0.717, 1.165) is 28.9 Å². The average molecular weight is 253 g/mol. The Morgan fingerprint density at radius 3 is 2.89 bits per heavy atom. The van der Waals surface area contributed by atoms with Gasteiger partial charge in [0.1, 0.15) is 11.6 Å². The lowest BCUT2D eigenvalue weighted by molar-refractivity contribution is 0.465. The van der Waals surface area contributed by atoms with Crippen molar-refractivity contribution in [3.63, 3.8) is 0 Å². The smallest absolute Gasteiger partial charge is 0.213 e. The number of benzene rings is 1. The highest BCUT2D eigenvalue weighted by molar-refractivity contribution is 5.79. The lowest BCUT2D eigenvalue weighted by Gasteiger charge is -2.04. The average Bonchev–Trinajstić information content (AvgIpc) is 2.93. The van der Waals surface area contributed by atoms with E-state index >= 15 is 0 Å². The number of hydrogen-bond acceptors (Lipinski definition) is 4. The first-order valence-electron chi connectivity index (χ1n) is 6.38. The number of anilines is 1. The van der Waals surface area contributed by atoms with E-state index < -0.39 is 0 Å². The first-order chi connectivity index (χ1) is 9.35. The fourth-order valence-corrected chi connectivity index (χ4v) is 1.92. The molecule has 0 bridgehead atoms. The zero-order chi connectivity index (χ0) is 13.1. The van der Waals surface area contributed by atoms with Crippen LogP contribution in [-0.4, -0.2) is 9.97 Å². The molecule has 0 aliphatic carbocycles. The van der Waals surface area contributed by atoms with Crippen LogP contribution >= 0.6 is 0 Å². The summed E-state index contributed by atoms with van der Waals surface area (Å²) in [5, 5.41) is 4.36. The first kappa shape index (κ1) is 11.7. The number of nitrogens with one attached hydrogen (secondary N) is 1. The molecule has 0 spiro atoms. The molecule has 3 rings (SSSR count). The molecular formula is C15H15N3O. The van der Waals surface area contributed by atoms with Crippen LogP contribution in [0.5, 0.6) is 0 Å². The zero-order valence-electron chi connectivity index (χ0n) is 10.8. The Kier molecular flexibility index (Phi) is 3.14. The summed E-state index contributed by atoms with van der Waals surface area (Å²) in [6, 6.07) is 12.1. The molecule has 4 nitrogen and oxygen atoms in total. The predicted molar refractivity (Wildman–Crippen MR) is 75.0 cm³/mol. The third-order valence-electron chi connectivity index (χ3n) is 2.97. The number of pyridine rings is 1. The molecule has 19 heavy (non-hydrogen) atoms. The minimum absolute atomic E-state index is 0.547. The molecule has 1 aromatic carbocycles. The number of fused-ring (bicyclic) bond motifs is 1. The van der Waals surface area contributed by atoms with Gasteiger partial charge in [-0.2, -0.15) is 0 Å². The van der Waals surface area contributed by atoms with Crippen LogP contribution < -0.4 is 5.32 Å². The van der Waals surface area contributed by atoms with Crippen molar-refractivity contribution < 1.29 is 4.42 Å². The van der Waals surface area contributed by atoms with Gasteiger partial charge in [-0.25, -0.2) is 9.97 Å². The second-order valence-corrected chi connectivity index (χ2v) is 4.32. The maximum absolute atomic E-state index is 5.54. The summed E-state index contributed by atoms with van der Waals surface area (Å²) in [5.41, 5.74) is 0.981. The molecule has 0 atom stereocenters. The van der Waals surface area contributed by atoms with Gasteiger partial charge in [0.15, 0.2) is 0 Å². The third-order valence-corrected chi connectivity index (χ3v) is 2.97. The SMILES string of the molecule is CCc1cnc(CNc2ccc3ccccc3n2)o1. The summed E-state index contributed by atoms with van der Waals surface area (Å²) < 4.78 is 5.54. The normalized spacial score (nSPS) is 10.8. The lowest BCUT2D eigenvalue weighted by atomic mass is 10.2. The molecule has 0 saturated carbocycles. The van der Waals surface area contributed by atoms with Gasteiger partial charge in [-0.15, -0.1) is 0 Å². The van der Waals surface area contributed by atoms with Crippen LogP contribution in [-0.2, 0) is 13.0 Å². The van der Waals surface area contributed by atoms with Gasteiger partial charge in [-0.3, -0.25) is 0 Å². The highest BCUT2D eigenvalue weighted by atomic mass is 16.4. The van der Waals surface area contributed by atoms with Gasteiger partial charge >= 0.3 is 0 Å². The van der Waals surface area contributed by atoms with Crippen molar-refractivity contribution in [1.82, 2.24) is 9.97 Å². The van der Waals surface area contributed by atoms with Crippen molar-refractivity contribution >= 4 is 16.7 Å². The van der Waals surface area contributed by atoms with E-state index in [2.05, 4.69) is 21.4 Å². The Bertz CT molecular complexity index is 690. The van der Waals surface area contributed by atoms with E-state index in [-0.39, 0.29) is 0 Å². The summed E-state index contributed by atoms with van der Waals surface area (Å²) in [4.78, 5) is 8.74. The summed E-state index contributed by atoms with van der Waals surface area (Å²) in [5.74, 6) is 2.42. The standard InChI is InChI=1S/C15H15N3O/c1-2-12-9-17-15(19-12)10-16-14-8-7-11-5-3-4-6-13(11)18-14/h3-9H,2,10H2,1H3,(H,16,18). The molecule has 2 aromatic heterocycles. The molecule has 1 N–H and O–H groups in total. The Morgan fingerprint density at radius 1 is 1.16 bits per heavy atom. The van der Waals surface area contributed by atoms with E-state index in [1.807, 2.05) is 37.3 Å². The number of rotatable bonds is 4. The fourth-order valence-electron chi connectivity index (χ4n) is 1.92. The molecule has 0 unspecified atom stereocenters. The minimum atomic E-state index is 0.547. The molecule has 2 heterocycles. The number of hydrogen-bond donors (Lipinski definition) is 1. The van der Waals surface area contributed by atoms with Crippen LogP contribution in [0.1, 0.15) is 18.6 Å². The van der Waals surface area contributed by atoms with Crippen molar-refractivity contribution in [3.05, 3.63) is 54.2 Å². The van der Waals surface area contributed by atoms with E-state index in [9.17, 15) is 0 Å². The van der Waals surface area contributed by atoms with Gasteiger partial charge in [0.25, 0.3) is 0 Å². The lowest BCUT2D eigenvalue weighted by Crippen LogP contribution is -2.01. The van der Waals surface area contributed by atoms with Gasteiger partial charge < -0.3 is 9.73 Å². The van der Waals surface area contributed by atoms with Gasteiger partial charge in [0.2, 0.25) is 5.89 Å². The van der Waals surface area contributed by atoms with E-state index in [1.165, 1.54) is 0 Å². The predicted octanol–water partition coefficient (Wildman–Crippen LogP) is 3.40. The Morgan fingerprint density at radius 2 is 2.05 bits per heavy atom. The number of nitrogens with zero attached hydrogens (tertiary/aromatic N) is 2. The van der Waals surface area contributed by atoms with Crippen LogP contribution in [0.2, 0.25) is 0 Å². The molecular weight excluding hydrogens is 238 g/mol. The minimum Gasteiger partial charge on any atom is -0.444 e. The molecule has 4 heteroatoms. The summed E-state index contributed by atoms with van der Waals surface area (Å²) in [6.07, 6.45) is 2.63. The molecule has 0 amide bonds. The zero-order valence-corrected chi connectivity index (χ0v) is 10.8. The maximum atomic E-state index is 5.54. The Hall–Kier alpha value is -2.36. The molecule has 0 radical (unpaired) electrons. The van der Waals surface area contributed by atoms with Crippen molar-refractivity contribution in [2.75, 3.05) is 5.32 Å². The molecule has 0 aliphatic heterocycles. The number of oxazole rings is 1. The van der Waals surface area contributed by atoms with E-state index in [1.54, 1.807) is 6.20 Å². The summed E-state index contributed by atoms with van der Waals surface area (Å²) in [6.45, 7) is 2.59. The quantitative estimate of drug-likeness (QED) is 0.774.